The van der Waals surface area contributed by atoms with Crippen LogP contribution in [0.3, 0.4) is 0 Å². The van der Waals surface area contributed by atoms with Gasteiger partial charge in [-0.25, -0.2) is 4.98 Å². The van der Waals surface area contributed by atoms with E-state index in [0.717, 1.165) is 5.52 Å². The summed E-state index contributed by atoms with van der Waals surface area (Å²) in [7, 11) is 0. The van der Waals surface area contributed by atoms with Crippen molar-refractivity contribution in [3.05, 3.63) is 60.0 Å². The molecule has 0 saturated carbocycles. The molecule has 0 bridgehead atoms. The Morgan fingerprint density at radius 1 is 1.12 bits per heavy atom. The Balaban J connectivity index is 1.43. The first-order valence-electron chi connectivity index (χ1n) is 8.12. The Labute approximate surface area is 145 Å². The molecule has 1 aromatic heterocycles. The molecular formula is C19H19N3O3. The van der Waals surface area contributed by atoms with Crippen molar-refractivity contribution in [3.63, 3.8) is 0 Å². The van der Waals surface area contributed by atoms with E-state index in [2.05, 4.69) is 15.6 Å². The third-order valence-electron chi connectivity index (χ3n) is 3.68. The van der Waals surface area contributed by atoms with Crippen LogP contribution in [0.15, 0.2) is 52.9 Å². The molecule has 2 N–H and O–H groups in total. The summed E-state index contributed by atoms with van der Waals surface area (Å²) in [4.78, 5) is 28.1. The second kappa shape index (κ2) is 7.61. The standard InChI is InChI=1S/C19H19N3O3/c1-13-21-16-10-9-15(12-17(16)25-13)22-18(23)8-5-11-20-19(24)14-6-3-2-4-7-14/h2-4,6-7,9-10,12H,5,8,11H2,1H3,(H,20,24)(H,22,23). The first-order chi connectivity index (χ1) is 12.1. The molecule has 0 fully saturated rings. The summed E-state index contributed by atoms with van der Waals surface area (Å²) < 4.78 is 5.45. The van der Waals surface area contributed by atoms with Crippen LogP contribution in [0.2, 0.25) is 0 Å². The highest BCUT2D eigenvalue weighted by Crippen LogP contribution is 2.19. The topological polar surface area (TPSA) is 84.2 Å². The number of amides is 2. The summed E-state index contributed by atoms with van der Waals surface area (Å²) >= 11 is 0. The van der Waals surface area contributed by atoms with E-state index in [-0.39, 0.29) is 11.8 Å². The summed E-state index contributed by atoms with van der Waals surface area (Å²) in [6.45, 7) is 2.23. The van der Waals surface area contributed by atoms with Gasteiger partial charge in [0.2, 0.25) is 5.91 Å². The van der Waals surface area contributed by atoms with Gasteiger partial charge < -0.3 is 15.1 Å². The lowest BCUT2D eigenvalue weighted by molar-refractivity contribution is -0.116. The zero-order valence-corrected chi connectivity index (χ0v) is 13.9. The maximum atomic E-state index is 12.0. The number of carbonyl (C=O) groups excluding carboxylic acids is 2. The average Bonchev–Trinajstić information content (AvgIpc) is 2.98. The number of oxazole rings is 1. The smallest absolute Gasteiger partial charge is 0.251 e. The van der Waals surface area contributed by atoms with E-state index < -0.39 is 0 Å². The van der Waals surface area contributed by atoms with Crippen LogP contribution in [0.4, 0.5) is 5.69 Å². The van der Waals surface area contributed by atoms with Gasteiger partial charge in [0.05, 0.1) is 0 Å². The van der Waals surface area contributed by atoms with Crippen molar-refractivity contribution in [2.75, 3.05) is 11.9 Å². The minimum Gasteiger partial charge on any atom is -0.441 e. The summed E-state index contributed by atoms with van der Waals surface area (Å²) in [5.41, 5.74) is 2.69. The highest BCUT2D eigenvalue weighted by molar-refractivity contribution is 5.94. The van der Waals surface area contributed by atoms with Crippen LogP contribution >= 0.6 is 0 Å². The molecule has 25 heavy (non-hydrogen) atoms. The van der Waals surface area contributed by atoms with Gasteiger partial charge in [0, 0.05) is 37.2 Å². The van der Waals surface area contributed by atoms with E-state index >= 15 is 0 Å². The van der Waals surface area contributed by atoms with Crippen molar-refractivity contribution >= 4 is 28.6 Å². The lowest BCUT2D eigenvalue weighted by Gasteiger charge is -2.06. The quantitative estimate of drug-likeness (QED) is 0.676. The van der Waals surface area contributed by atoms with Crippen LogP contribution in [0.5, 0.6) is 0 Å². The fourth-order valence-corrected chi connectivity index (χ4v) is 2.48. The molecule has 1 heterocycles. The van der Waals surface area contributed by atoms with Gasteiger partial charge in [-0.15, -0.1) is 0 Å². The van der Waals surface area contributed by atoms with Gasteiger partial charge in [0.1, 0.15) is 5.52 Å². The first-order valence-corrected chi connectivity index (χ1v) is 8.12. The van der Waals surface area contributed by atoms with E-state index in [1.54, 1.807) is 31.2 Å². The molecule has 0 aliphatic carbocycles. The number of nitrogens with one attached hydrogen (secondary N) is 2. The van der Waals surface area contributed by atoms with Gasteiger partial charge in [-0.1, -0.05) is 18.2 Å². The van der Waals surface area contributed by atoms with Crippen molar-refractivity contribution in [2.24, 2.45) is 0 Å². The summed E-state index contributed by atoms with van der Waals surface area (Å²) in [5.74, 6) is 0.351. The molecule has 0 radical (unpaired) electrons. The van der Waals surface area contributed by atoms with Crippen molar-refractivity contribution in [2.45, 2.75) is 19.8 Å². The lowest BCUT2D eigenvalue weighted by Crippen LogP contribution is -2.25. The fourth-order valence-electron chi connectivity index (χ4n) is 2.48. The molecule has 2 aromatic carbocycles. The predicted molar refractivity (Wildman–Crippen MR) is 95.4 cm³/mol. The molecule has 6 heteroatoms. The molecule has 3 rings (SSSR count). The number of rotatable bonds is 6. The molecule has 0 unspecified atom stereocenters. The minimum absolute atomic E-state index is 0.107. The molecule has 0 spiro atoms. The zero-order chi connectivity index (χ0) is 17.6. The van der Waals surface area contributed by atoms with Gasteiger partial charge in [0.15, 0.2) is 11.5 Å². The van der Waals surface area contributed by atoms with Crippen molar-refractivity contribution < 1.29 is 14.0 Å². The maximum Gasteiger partial charge on any atom is 0.251 e. The Kier molecular flexibility index (Phi) is 5.09. The SMILES string of the molecule is Cc1nc2ccc(NC(=O)CCCNC(=O)c3ccccc3)cc2o1. The molecule has 6 nitrogen and oxygen atoms in total. The number of fused-ring (bicyclic) bond motifs is 1. The number of nitrogens with zero attached hydrogens (tertiary/aromatic N) is 1. The van der Waals surface area contributed by atoms with Crippen molar-refractivity contribution in [1.82, 2.24) is 10.3 Å². The Morgan fingerprint density at radius 2 is 1.92 bits per heavy atom. The maximum absolute atomic E-state index is 12.0. The molecule has 0 aliphatic heterocycles. The molecule has 0 aliphatic rings. The number of aromatic nitrogens is 1. The number of carbonyl (C=O) groups is 2. The number of hydrogen-bond acceptors (Lipinski definition) is 4. The summed E-state index contributed by atoms with van der Waals surface area (Å²) in [6.07, 6.45) is 0.886. The highest BCUT2D eigenvalue weighted by Gasteiger charge is 2.07. The zero-order valence-electron chi connectivity index (χ0n) is 13.9. The minimum atomic E-state index is -0.132. The second-order valence-corrected chi connectivity index (χ2v) is 5.69. The van der Waals surface area contributed by atoms with Gasteiger partial charge in [0.25, 0.3) is 5.91 Å². The van der Waals surface area contributed by atoms with Gasteiger partial charge in [-0.2, -0.15) is 0 Å². The van der Waals surface area contributed by atoms with Gasteiger partial charge in [-0.05, 0) is 30.7 Å². The largest absolute Gasteiger partial charge is 0.441 e. The van der Waals surface area contributed by atoms with Crippen molar-refractivity contribution in [1.29, 1.82) is 0 Å². The summed E-state index contributed by atoms with van der Waals surface area (Å²) in [5, 5.41) is 5.63. The third-order valence-corrected chi connectivity index (χ3v) is 3.68. The second-order valence-electron chi connectivity index (χ2n) is 5.69. The number of benzene rings is 2. The van der Waals surface area contributed by atoms with E-state index in [0.29, 0.717) is 42.1 Å². The van der Waals surface area contributed by atoms with E-state index in [1.165, 1.54) is 0 Å². The van der Waals surface area contributed by atoms with Crippen LogP contribution in [0, 0.1) is 6.92 Å². The molecule has 0 atom stereocenters. The third kappa shape index (κ3) is 4.44. The van der Waals surface area contributed by atoms with E-state index in [4.69, 9.17) is 4.42 Å². The number of aryl methyl sites for hydroxylation is 1. The monoisotopic (exact) mass is 337 g/mol. The van der Waals surface area contributed by atoms with Crippen LogP contribution < -0.4 is 10.6 Å². The summed E-state index contributed by atoms with van der Waals surface area (Å²) in [6, 6.07) is 14.3. The number of anilines is 1. The first kappa shape index (κ1) is 16.7. The Bertz CT molecular complexity index is 887. The van der Waals surface area contributed by atoms with E-state index in [1.807, 2.05) is 24.3 Å². The Morgan fingerprint density at radius 3 is 2.72 bits per heavy atom. The van der Waals surface area contributed by atoms with Crippen LogP contribution in [-0.2, 0) is 4.79 Å². The Hall–Kier alpha value is -3.15. The molecule has 128 valence electrons. The van der Waals surface area contributed by atoms with Crippen molar-refractivity contribution in [3.8, 4) is 0 Å². The van der Waals surface area contributed by atoms with Gasteiger partial charge in [-0.3, -0.25) is 9.59 Å². The average molecular weight is 337 g/mol. The fraction of sp³-hybridized carbons (Fsp3) is 0.211. The van der Waals surface area contributed by atoms with Crippen LogP contribution in [0.25, 0.3) is 11.1 Å². The number of hydrogen-bond donors (Lipinski definition) is 2. The lowest BCUT2D eigenvalue weighted by atomic mass is 10.2. The normalized spacial score (nSPS) is 10.6. The van der Waals surface area contributed by atoms with Crippen LogP contribution in [-0.4, -0.2) is 23.3 Å². The van der Waals surface area contributed by atoms with E-state index in [9.17, 15) is 9.59 Å². The predicted octanol–water partition coefficient (Wildman–Crippen LogP) is 3.28. The highest BCUT2D eigenvalue weighted by atomic mass is 16.3. The molecule has 0 saturated heterocycles. The van der Waals surface area contributed by atoms with Crippen LogP contribution in [0.1, 0.15) is 29.1 Å². The van der Waals surface area contributed by atoms with Gasteiger partial charge >= 0.3 is 0 Å². The molecule has 2 amide bonds. The molecular weight excluding hydrogens is 318 g/mol. The molecule has 3 aromatic rings.